The van der Waals surface area contributed by atoms with E-state index in [0.29, 0.717) is 11.2 Å². The van der Waals surface area contributed by atoms with Crippen molar-refractivity contribution in [3.05, 3.63) is 41.6 Å². The number of nitrogens with zero attached hydrogens (tertiary/aromatic N) is 7. The van der Waals surface area contributed by atoms with E-state index in [9.17, 15) is 28.7 Å². The Morgan fingerprint density at radius 2 is 2.15 bits per heavy atom. The van der Waals surface area contributed by atoms with Gasteiger partial charge in [-0.1, -0.05) is 14.8 Å². The number of anilines is 2. The largest absolute Gasteiger partial charge is 0.543 e. The molecule has 6 N–H and O–H groups in total. The van der Waals surface area contributed by atoms with Crippen LogP contribution in [-0.4, -0.2) is 83.8 Å². The monoisotopic (exact) mass is 605 g/mol. The molecule has 2 aliphatic rings. The molecule has 0 aromatic carbocycles. The van der Waals surface area contributed by atoms with E-state index in [4.69, 9.17) is 16.3 Å². The molecule has 0 saturated carbocycles. The Bertz CT molecular complexity index is 1620. The highest BCUT2D eigenvalue weighted by Crippen LogP contribution is 2.40. The van der Waals surface area contributed by atoms with Crippen molar-refractivity contribution in [2.75, 3.05) is 30.1 Å². The number of nitrogens with two attached hydrogens (primary N) is 2. The number of nitrogen functional groups attached to an aromatic ring is 1. The van der Waals surface area contributed by atoms with E-state index in [-0.39, 0.29) is 34.8 Å². The van der Waals surface area contributed by atoms with Crippen LogP contribution in [0.4, 0.5) is 20.1 Å². The van der Waals surface area contributed by atoms with Gasteiger partial charge in [-0.25, -0.2) is 13.8 Å². The van der Waals surface area contributed by atoms with E-state index in [2.05, 4.69) is 30.2 Å². The summed E-state index contributed by atoms with van der Waals surface area (Å²) >= 11 is 2.03. The third-order valence-corrected chi connectivity index (χ3v) is 7.74. The van der Waals surface area contributed by atoms with Gasteiger partial charge in [0.15, 0.2) is 17.1 Å². The van der Waals surface area contributed by atoms with Crippen molar-refractivity contribution in [2.24, 2.45) is 10.9 Å². The number of rotatable bonds is 10. The van der Waals surface area contributed by atoms with E-state index in [1.54, 1.807) is 23.0 Å². The van der Waals surface area contributed by atoms with Crippen molar-refractivity contribution in [2.45, 2.75) is 18.0 Å². The first-order valence-electron chi connectivity index (χ1n) is 11.7. The molecular formula is C21H20FN11O6S2. The lowest BCUT2D eigenvalue weighted by atomic mass is 10.0. The van der Waals surface area contributed by atoms with Gasteiger partial charge in [0.05, 0.1) is 11.7 Å². The highest BCUT2D eigenvalue weighted by Gasteiger charge is 2.53. The molecule has 1 saturated heterocycles. The molecule has 4 amide bonds. The van der Waals surface area contributed by atoms with Crippen LogP contribution in [0.1, 0.15) is 5.82 Å². The number of urea groups is 1. The number of oxime groups is 1. The lowest BCUT2D eigenvalue weighted by Gasteiger charge is -2.50. The van der Waals surface area contributed by atoms with Crippen LogP contribution < -0.4 is 31.8 Å². The van der Waals surface area contributed by atoms with Gasteiger partial charge in [0, 0.05) is 28.9 Å². The third kappa shape index (κ3) is 5.45. The normalized spacial score (nSPS) is 18.6. The molecule has 0 bridgehead atoms. The highest BCUT2D eigenvalue weighted by atomic mass is 32.2. The van der Waals surface area contributed by atoms with E-state index < -0.39 is 54.2 Å². The summed E-state index contributed by atoms with van der Waals surface area (Å²) in [4.78, 5) is 59.0. The van der Waals surface area contributed by atoms with Gasteiger partial charge in [0.25, 0.3) is 11.8 Å². The summed E-state index contributed by atoms with van der Waals surface area (Å²) in [5, 5.41) is 24.1. The summed E-state index contributed by atoms with van der Waals surface area (Å²) in [7, 11) is 0. The second-order valence-corrected chi connectivity index (χ2v) is 10.3. The van der Waals surface area contributed by atoms with Crippen LogP contribution in [0, 0.1) is 0 Å². The zero-order valence-electron chi connectivity index (χ0n) is 20.7. The van der Waals surface area contributed by atoms with Crippen LogP contribution in [0.15, 0.2) is 41.0 Å². The van der Waals surface area contributed by atoms with Gasteiger partial charge in [-0.15, -0.1) is 11.8 Å². The molecule has 214 valence electrons. The zero-order chi connectivity index (χ0) is 29.3. The number of hydrogen-bond donors (Lipinski definition) is 4. The topological polar surface area (TPSA) is 239 Å². The number of primary amides is 1. The number of aromatic nitrogens is 5. The first kappa shape index (κ1) is 27.7. The Hall–Kier alpha value is -4.85. The number of carbonyl (C=O) groups is 4. The smallest absolute Gasteiger partial charge is 0.317 e. The molecule has 5 rings (SSSR count). The van der Waals surface area contributed by atoms with Crippen LogP contribution in [0.25, 0.3) is 5.65 Å². The fraction of sp³-hybridized carbons (Fsp3) is 0.286. The molecule has 2 atom stereocenters. The fourth-order valence-corrected chi connectivity index (χ4v) is 5.95. The third-order valence-electron chi connectivity index (χ3n) is 5.86. The fourth-order valence-electron chi connectivity index (χ4n) is 4.18. The second kappa shape index (κ2) is 11.3. The summed E-state index contributed by atoms with van der Waals surface area (Å²) in [6.07, 6.45) is 3.25. The number of amides is 4. The number of thioether (sulfide) groups is 1. The molecule has 41 heavy (non-hydrogen) atoms. The second-order valence-electron chi connectivity index (χ2n) is 8.46. The highest BCUT2D eigenvalue weighted by molar-refractivity contribution is 8.00. The van der Waals surface area contributed by atoms with Crippen molar-refractivity contribution in [3.63, 3.8) is 0 Å². The Balaban J connectivity index is 1.35. The summed E-state index contributed by atoms with van der Waals surface area (Å²) in [5.41, 5.74) is 10.9. The molecule has 20 heteroatoms. The Kier molecular flexibility index (Phi) is 7.66. The molecule has 0 aliphatic carbocycles. The maximum atomic E-state index is 13.1. The molecule has 2 aliphatic heterocycles. The first-order chi connectivity index (χ1) is 19.7. The van der Waals surface area contributed by atoms with Gasteiger partial charge in [0.2, 0.25) is 11.5 Å². The molecule has 0 spiro atoms. The minimum atomic E-state index is -1.55. The Labute approximate surface area is 237 Å². The van der Waals surface area contributed by atoms with E-state index in [0.717, 1.165) is 16.4 Å². The van der Waals surface area contributed by atoms with Crippen LogP contribution in [0.5, 0.6) is 0 Å². The van der Waals surface area contributed by atoms with Crippen molar-refractivity contribution in [1.29, 1.82) is 0 Å². The summed E-state index contributed by atoms with van der Waals surface area (Å²) in [6, 6.07) is 1.30. The lowest BCUT2D eigenvalue weighted by Crippen LogP contribution is -2.71. The van der Waals surface area contributed by atoms with Crippen molar-refractivity contribution >= 4 is 69.4 Å². The van der Waals surface area contributed by atoms with Gasteiger partial charge in [-0.2, -0.15) is 9.36 Å². The molecule has 0 unspecified atom stereocenters. The molecule has 0 radical (unpaired) electrons. The Morgan fingerprint density at radius 1 is 1.34 bits per heavy atom. The lowest BCUT2D eigenvalue weighted by molar-refractivity contribution is -0.662. The average molecular weight is 606 g/mol. The molecule has 17 nitrogen and oxygen atoms in total. The van der Waals surface area contributed by atoms with E-state index in [1.807, 2.05) is 0 Å². The zero-order valence-corrected chi connectivity index (χ0v) is 22.4. The molecule has 3 aromatic rings. The number of carbonyl (C=O) groups excluding carboxylic acids is 4. The summed E-state index contributed by atoms with van der Waals surface area (Å²) in [6.45, 7) is -1.20. The molecular weight excluding hydrogens is 585 g/mol. The predicted molar refractivity (Wildman–Crippen MR) is 138 cm³/mol. The van der Waals surface area contributed by atoms with Gasteiger partial charge >= 0.3 is 11.7 Å². The van der Waals surface area contributed by atoms with Crippen LogP contribution >= 0.6 is 23.3 Å². The minimum absolute atomic E-state index is 0.0448. The maximum Gasteiger partial charge on any atom is 0.317 e. The van der Waals surface area contributed by atoms with Crippen LogP contribution in [0.2, 0.25) is 0 Å². The molecule has 1 fully saturated rings. The number of imidazole rings is 1. The number of hydrogen-bond acceptors (Lipinski definition) is 13. The van der Waals surface area contributed by atoms with Crippen molar-refractivity contribution < 1.29 is 38.1 Å². The van der Waals surface area contributed by atoms with E-state index >= 15 is 0 Å². The minimum Gasteiger partial charge on any atom is -0.543 e. The number of halogens is 1. The first-order valence-corrected chi connectivity index (χ1v) is 13.5. The quantitative estimate of drug-likeness (QED) is 0.0611. The van der Waals surface area contributed by atoms with Gasteiger partial charge in [-0.05, 0) is 6.07 Å². The predicted octanol–water partition coefficient (Wildman–Crippen LogP) is -2.66. The molecule has 3 aromatic heterocycles. The SMILES string of the molecule is NC(=O)Nc1ccc2n(cc[n+]2CC2=C(C(=O)[O-])N3C(=O)[C@@H](NC(=O)/C(=N\OCCF)c4nsc(N)n4)[C@H]3SC2)n1. The summed E-state index contributed by atoms with van der Waals surface area (Å²) < 4.78 is 19.5. The number of fused-ring (bicyclic) bond motifs is 2. The van der Waals surface area contributed by atoms with Crippen LogP contribution in [-0.2, 0) is 25.8 Å². The number of carboxylic acids is 1. The summed E-state index contributed by atoms with van der Waals surface area (Å²) in [5.74, 6) is -2.88. The molecule has 5 heterocycles. The van der Waals surface area contributed by atoms with Crippen molar-refractivity contribution in [1.82, 2.24) is 29.2 Å². The average Bonchev–Trinajstić information content (AvgIpc) is 3.54. The van der Waals surface area contributed by atoms with Gasteiger partial charge in [0.1, 0.15) is 37.4 Å². The van der Waals surface area contributed by atoms with Crippen LogP contribution in [0.3, 0.4) is 0 Å². The van der Waals surface area contributed by atoms with Gasteiger partial charge in [-0.3, -0.25) is 19.8 Å². The number of β-lactam (4-membered cyclic amide) rings is 1. The van der Waals surface area contributed by atoms with Crippen molar-refractivity contribution in [3.8, 4) is 0 Å². The van der Waals surface area contributed by atoms with E-state index in [1.165, 1.54) is 22.3 Å². The standard InChI is InChI=1S/C21H20FN11O6S2/c22-3-6-39-29-12(15-27-21(24)41-30-15)16(34)26-13-17(35)33-14(19(36)37)9(8-40-18(13)33)7-31-4-5-32-11(31)2-1-10(28-32)25-20(23)38/h1-2,4-5,13,18H,3,6-8H2,(H6-,23,24,25,26,27,28,30,34,36,37,38)/b29-12-/t13-,18-/m1/s1. The number of aliphatic carboxylic acids is 1. The number of nitrogens with one attached hydrogen (secondary N) is 2. The number of carboxylic acid groups (broad SMARTS) is 1. The maximum absolute atomic E-state index is 13.1. The number of alkyl halides is 1. The van der Waals surface area contributed by atoms with Gasteiger partial charge < -0.3 is 31.5 Å². The Morgan fingerprint density at radius 3 is 2.83 bits per heavy atom.